The van der Waals surface area contributed by atoms with Gasteiger partial charge in [0.1, 0.15) is 6.54 Å². The number of carboxylic acid groups (broad SMARTS) is 1. The molecular formula is C12H13NO6S2. The molecule has 0 amide bonds. The summed E-state index contributed by atoms with van der Waals surface area (Å²) in [6, 6.07) is 4.46. The van der Waals surface area contributed by atoms with Crippen molar-refractivity contribution in [3.05, 3.63) is 24.3 Å². The van der Waals surface area contributed by atoms with E-state index >= 15 is 0 Å². The van der Waals surface area contributed by atoms with E-state index in [1.165, 1.54) is 0 Å². The number of carbonyl (C=O) groups is 1. The van der Waals surface area contributed by atoms with Gasteiger partial charge in [0.15, 0.2) is 9.84 Å². The number of carboxylic acids is 1. The van der Waals surface area contributed by atoms with Gasteiger partial charge in [0.2, 0.25) is 10.0 Å². The van der Waals surface area contributed by atoms with Crippen LogP contribution in [0.15, 0.2) is 34.1 Å². The molecule has 0 fully saturated rings. The van der Waals surface area contributed by atoms with Gasteiger partial charge in [-0.3, -0.25) is 4.79 Å². The summed E-state index contributed by atoms with van der Waals surface area (Å²) in [5.74, 6) is 0.726. The van der Waals surface area contributed by atoms with Gasteiger partial charge < -0.3 is 5.11 Å². The summed E-state index contributed by atoms with van der Waals surface area (Å²) in [6.45, 7) is -1.18. The molecule has 0 atom stereocenters. The zero-order valence-corrected chi connectivity index (χ0v) is 12.7. The van der Waals surface area contributed by atoms with Gasteiger partial charge in [0.05, 0.1) is 16.3 Å². The Morgan fingerprint density at radius 3 is 2.05 bits per heavy atom. The minimum Gasteiger partial charge on any atom is -0.480 e. The van der Waals surface area contributed by atoms with E-state index < -0.39 is 38.9 Å². The summed E-state index contributed by atoms with van der Waals surface area (Å²) in [4.78, 5) is 10.4. The molecule has 1 N–H and O–H groups in total. The van der Waals surface area contributed by atoms with E-state index in [9.17, 15) is 21.6 Å². The van der Waals surface area contributed by atoms with Crippen molar-refractivity contribution in [1.82, 2.24) is 4.31 Å². The Morgan fingerprint density at radius 1 is 1.19 bits per heavy atom. The standard InChI is InChI=1S/C12H13NO6S2/c1-3-8-13(9-12(14)15)21(18,19)11-6-4-10(5-7-11)20(2,16)17/h1,4-7H,8-9H2,2H3,(H,14,15). The second kappa shape index (κ2) is 6.26. The van der Waals surface area contributed by atoms with Gasteiger partial charge in [0.25, 0.3) is 0 Å². The normalized spacial score (nSPS) is 12.0. The smallest absolute Gasteiger partial charge is 0.318 e. The molecule has 0 saturated heterocycles. The monoisotopic (exact) mass is 331 g/mol. The number of rotatable bonds is 6. The highest BCUT2D eigenvalue weighted by atomic mass is 32.2. The SMILES string of the molecule is C#CCN(CC(=O)O)S(=O)(=O)c1ccc(S(C)(=O)=O)cc1. The van der Waals surface area contributed by atoms with Crippen LogP contribution in [0.3, 0.4) is 0 Å². The molecule has 114 valence electrons. The van der Waals surface area contributed by atoms with Crippen LogP contribution in [0.2, 0.25) is 0 Å². The summed E-state index contributed by atoms with van der Waals surface area (Å²) >= 11 is 0. The van der Waals surface area contributed by atoms with Crippen LogP contribution < -0.4 is 0 Å². The highest BCUT2D eigenvalue weighted by Gasteiger charge is 2.26. The minimum atomic E-state index is -4.11. The Labute approximate surface area is 123 Å². The predicted molar refractivity (Wildman–Crippen MR) is 74.8 cm³/mol. The zero-order valence-electron chi connectivity index (χ0n) is 11.1. The van der Waals surface area contributed by atoms with Crippen LogP contribution >= 0.6 is 0 Å². The first-order valence-corrected chi connectivity index (χ1v) is 8.87. The average Bonchev–Trinajstić information content (AvgIpc) is 2.37. The first-order valence-electron chi connectivity index (χ1n) is 5.54. The van der Waals surface area contributed by atoms with Crippen molar-refractivity contribution in [2.75, 3.05) is 19.3 Å². The second-order valence-corrected chi connectivity index (χ2v) is 8.07. The third-order valence-corrected chi connectivity index (χ3v) is 5.40. The highest BCUT2D eigenvalue weighted by molar-refractivity contribution is 7.90. The molecule has 9 heteroatoms. The number of nitrogens with zero attached hydrogens (tertiary/aromatic N) is 1. The Balaban J connectivity index is 3.23. The molecule has 1 aromatic rings. The predicted octanol–water partition coefficient (Wildman–Crippen LogP) is -0.201. The van der Waals surface area contributed by atoms with Crippen LogP contribution in [0.1, 0.15) is 0 Å². The van der Waals surface area contributed by atoms with Gasteiger partial charge in [-0.25, -0.2) is 16.8 Å². The van der Waals surface area contributed by atoms with Crippen molar-refractivity contribution >= 4 is 25.8 Å². The number of hydrogen-bond acceptors (Lipinski definition) is 5. The van der Waals surface area contributed by atoms with Gasteiger partial charge in [-0.1, -0.05) is 5.92 Å². The lowest BCUT2D eigenvalue weighted by Gasteiger charge is -2.17. The second-order valence-electron chi connectivity index (χ2n) is 4.11. The zero-order chi connectivity index (χ0) is 16.3. The number of terminal acetylenes is 1. The van der Waals surface area contributed by atoms with Crippen molar-refractivity contribution in [1.29, 1.82) is 0 Å². The Bertz CT molecular complexity index is 772. The van der Waals surface area contributed by atoms with E-state index in [2.05, 4.69) is 5.92 Å². The van der Waals surface area contributed by atoms with E-state index in [0.717, 1.165) is 30.5 Å². The van der Waals surface area contributed by atoms with Crippen molar-refractivity contribution in [3.8, 4) is 12.3 Å². The number of hydrogen-bond donors (Lipinski definition) is 1. The number of sulfone groups is 1. The first kappa shape index (κ1) is 17.2. The number of sulfonamides is 1. The maximum absolute atomic E-state index is 12.2. The summed E-state index contributed by atoms with van der Waals surface area (Å²) in [7, 11) is -7.55. The third kappa shape index (κ3) is 4.29. The Kier molecular flexibility index (Phi) is 5.11. The number of benzene rings is 1. The third-order valence-electron chi connectivity index (χ3n) is 2.47. The molecular weight excluding hydrogens is 318 g/mol. The van der Waals surface area contributed by atoms with Crippen LogP contribution in [0.25, 0.3) is 0 Å². The van der Waals surface area contributed by atoms with Crippen LogP contribution in [0.4, 0.5) is 0 Å². The van der Waals surface area contributed by atoms with Crippen molar-refractivity contribution < 1.29 is 26.7 Å². The summed E-state index contributed by atoms with van der Waals surface area (Å²) < 4.78 is 47.7. The molecule has 21 heavy (non-hydrogen) atoms. The largest absolute Gasteiger partial charge is 0.480 e. The fourth-order valence-electron chi connectivity index (χ4n) is 1.49. The average molecular weight is 331 g/mol. The van der Waals surface area contributed by atoms with Crippen LogP contribution in [0, 0.1) is 12.3 Å². The summed E-state index contributed by atoms with van der Waals surface area (Å²) in [5.41, 5.74) is 0. The van der Waals surface area contributed by atoms with Gasteiger partial charge in [-0.2, -0.15) is 4.31 Å². The molecule has 0 saturated carbocycles. The molecule has 1 rings (SSSR count). The Hall–Kier alpha value is -1.89. The van der Waals surface area contributed by atoms with Crippen LogP contribution in [0.5, 0.6) is 0 Å². The lowest BCUT2D eigenvalue weighted by atomic mass is 10.4. The summed E-state index contributed by atoms with van der Waals surface area (Å²) in [6.07, 6.45) is 6.02. The molecule has 0 unspecified atom stereocenters. The van der Waals surface area contributed by atoms with E-state index in [0.29, 0.717) is 4.31 Å². The fourth-order valence-corrected chi connectivity index (χ4v) is 3.42. The quantitative estimate of drug-likeness (QED) is 0.723. The van der Waals surface area contributed by atoms with Gasteiger partial charge >= 0.3 is 5.97 Å². The fraction of sp³-hybridized carbons (Fsp3) is 0.250. The molecule has 0 aliphatic rings. The molecule has 7 nitrogen and oxygen atoms in total. The molecule has 0 aromatic heterocycles. The van der Waals surface area contributed by atoms with Gasteiger partial charge in [-0.15, -0.1) is 6.42 Å². The van der Waals surface area contributed by atoms with E-state index in [1.807, 2.05) is 0 Å². The molecule has 0 bridgehead atoms. The maximum atomic E-state index is 12.2. The molecule has 0 aliphatic carbocycles. The topological polar surface area (TPSA) is 109 Å². The van der Waals surface area contributed by atoms with E-state index in [-0.39, 0.29) is 9.79 Å². The molecule has 0 aliphatic heterocycles. The van der Waals surface area contributed by atoms with Crippen LogP contribution in [-0.4, -0.2) is 51.6 Å². The van der Waals surface area contributed by atoms with Gasteiger partial charge in [0, 0.05) is 6.26 Å². The van der Waals surface area contributed by atoms with Gasteiger partial charge in [-0.05, 0) is 24.3 Å². The minimum absolute atomic E-state index is 0.0387. The van der Waals surface area contributed by atoms with Crippen molar-refractivity contribution in [2.24, 2.45) is 0 Å². The Morgan fingerprint density at radius 2 is 1.67 bits per heavy atom. The van der Waals surface area contributed by atoms with Crippen molar-refractivity contribution in [2.45, 2.75) is 9.79 Å². The summed E-state index contributed by atoms with van der Waals surface area (Å²) in [5, 5.41) is 8.72. The van der Waals surface area contributed by atoms with E-state index in [4.69, 9.17) is 11.5 Å². The lowest BCUT2D eigenvalue weighted by molar-refractivity contribution is -0.137. The van der Waals surface area contributed by atoms with Crippen LogP contribution in [-0.2, 0) is 24.7 Å². The first-order chi connectivity index (χ1) is 9.59. The molecule has 0 spiro atoms. The molecule has 0 heterocycles. The van der Waals surface area contributed by atoms with Crippen molar-refractivity contribution in [3.63, 3.8) is 0 Å². The highest BCUT2D eigenvalue weighted by Crippen LogP contribution is 2.18. The number of aliphatic carboxylic acids is 1. The molecule has 0 radical (unpaired) electrons. The maximum Gasteiger partial charge on any atom is 0.318 e. The lowest BCUT2D eigenvalue weighted by Crippen LogP contribution is -2.36. The van der Waals surface area contributed by atoms with E-state index in [1.54, 1.807) is 0 Å². The molecule has 1 aromatic carbocycles.